The Kier molecular flexibility index (Phi) is 8.06. The molecule has 0 heterocycles. The summed E-state index contributed by atoms with van der Waals surface area (Å²) in [5, 5.41) is 23.0. The minimum atomic E-state index is -1.00. The van der Waals surface area contributed by atoms with Crippen LogP contribution in [0.2, 0.25) is 15.1 Å². The summed E-state index contributed by atoms with van der Waals surface area (Å²) < 4.78 is 0. The Hall–Kier alpha value is -2.10. The van der Waals surface area contributed by atoms with Crippen LogP contribution in [0, 0.1) is 18.3 Å². The number of nitrogens with zero attached hydrogens (tertiary/aromatic N) is 1. The molecule has 0 aliphatic carbocycles. The molecule has 0 saturated carbocycles. The summed E-state index contributed by atoms with van der Waals surface area (Å²) in [6, 6.07) is 8.76. The number of carbonyl (C=O) groups excluding carboxylic acids is 2. The highest BCUT2D eigenvalue weighted by Crippen LogP contribution is 2.28. The van der Waals surface area contributed by atoms with E-state index in [1.807, 2.05) is 6.07 Å². The van der Waals surface area contributed by atoms with E-state index >= 15 is 0 Å². The van der Waals surface area contributed by atoms with E-state index in [4.69, 9.17) is 40.1 Å². The minimum absolute atomic E-state index is 0.0329. The van der Waals surface area contributed by atoms with E-state index in [1.54, 1.807) is 19.1 Å². The maximum atomic E-state index is 12.7. The molecule has 0 radical (unpaired) electrons. The second-order valence-electron chi connectivity index (χ2n) is 6.59. The molecule has 0 aliphatic rings. The fourth-order valence-electron chi connectivity index (χ4n) is 2.77. The Morgan fingerprint density at radius 2 is 1.83 bits per heavy atom. The molecule has 5 nitrogen and oxygen atoms in total. The van der Waals surface area contributed by atoms with Crippen LogP contribution in [-0.4, -0.2) is 28.8 Å². The molecule has 0 fully saturated rings. The van der Waals surface area contributed by atoms with Crippen molar-refractivity contribution in [3.63, 3.8) is 0 Å². The smallest absolute Gasteiger partial charge is 0.163 e. The SMILES string of the molecule is Cc1c(N[C@@H](C(=O)CCC(=O)c2ccc(Cl)c(Cl)c2)[C@@H](C)O)ccc(C#N)c1Cl. The van der Waals surface area contributed by atoms with Crippen LogP contribution in [0.4, 0.5) is 5.69 Å². The summed E-state index contributed by atoms with van der Waals surface area (Å²) in [7, 11) is 0. The molecule has 0 saturated heterocycles. The zero-order valence-electron chi connectivity index (χ0n) is 15.8. The lowest BCUT2D eigenvalue weighted by atomic mass is 9.98. The summed E-state index contributed by atoms with van der Waals surface area (Å²) in [5.41, 5.74) is 1.81. The van der Waals surface area contributed by atoms with Crippen LogP contribution in [0.15, 0.2) is 30.3 Å². The third-order valence-corrected chi connectivity index (χ3v) is 5.71. The van der Waals surface area contributed by atoms with Crippen molar-refractivity contribution in [1.82, 2.24) is 0 Å². The van der Waals surface area contributed by atoms with Gasteiger partial charge in [-0.25, -0.2) is 0 Å². The molecular weight excluding hydrogens is 435 g/mol. The summed E-state index contributed by atoms with van der Waals surface area (Å²) in [6.07, 6.45) is -1.10. The first-order valence-corrected chi connectivity index (χ1v) is 9.93. The number of anilines is 1. The maximum absolute atomic E-state index is 12.7. The second kappa shape index (κ2) is 10.1. The molecule has 0 aromatic heterocycles. The number of benzene rings is 2. The average molecular weight is 454 g/mol. The number of hydrogen-bond donors (Lipinski definition) is 2. The molecular formula is C21H19Cl3N2O3. The van der Waals surface area contributed by atoms with Crippen LogP contribution >= 0.6 is 34.8 Å². The first kappa shape index (κ1) is 23.2. The number of aliphatic hydroxyl groups is 1. The highest BCUT2D eigenvalue weighted by atomic mass is 35.5. The number of ketones is 2. The van der Waals surface area contributed by atoms with Crippen molar-refractivity contribution in [2.45, 2.75) is 38.8 Å². The Bertz CT molecular complexity index is 984. The van der Waals surface area contributed by atoms with Gasteiger partial charge in [-0.05, 0) is 49.7 Å². The summed E-state index contributed by atoms with van der Waals surface area (Å²) >= 11 is 17.9. The largest absolute Gasteiger partial charge is 0.391 e. The van der Waals surface area contributed by atoms with Gasteiger partial charge in [-0.15, -0.1) is 0 Å². The predicted octanol–water partition coefficient (Wildman–Crippen LogP) is 5.22. The lowest BCUT2D eigenvalue weighted by Crippen LogP contribution is -2.39. The number of nitrogens with one attached hydrogen (secondary N) is 1. The molecule has 2 aromatic rings. The molecule has 2 atom stereocenters. The van der Waals surface area contributed by atoms with Gasteiger partial charge in [-0.1, -0.05) is 34.8 Å². The van der Waals surface area contributed by atoms with Crippen molar-refractivity contribution >= 4 is 52.1 Å². The average Bonchev–Trinajstić information content (AvgIpc) is 2.68. The van der Waals surface area contributed by atoms with E-state index in [1.165, 1.54) is 25.1 Å². The van der Waals surface area contributed by atoms with Crippen LogP contribution in [0.3, 0.4) is 0 Å². The number of nitriles is 1. The van der Waals surface area contributed by atoms with E-state index in [9.17, 15) is 14.7 Å². The molecule has 0 bridgehead atoms. The number of Topliss-reactive ketones (excluding diaryl/α,β-unsaturated/α-hetero) is 2. The van der Waals surface area contributed by atoms with E-state index in [0.717, 1.165) is 0 Å². The van der Waals surface area contributed by atoms with Crippen molar-refractivity contribution in [3.8, 4) is 6.07 Å². The van der Waals surface area contributed by atoms with E-state index in [2.05, 4.69) is 5.32 Å². The molecule has 0 amide bonds. The summed E-state index contributed by atoms with van der Waals surface area (Å²) in [4.78, 5) is 25.0. The van der Waals surface area contributed by atoms with Gasteiger partial charge < -0.3 is 10.4 Å². The van der Waals surface area contributed by atoms with Crippen molar-refractivity contribution in [2.24, 2.45) is 0 Å². The van der Waals surface area contributed by atoms with Gasteiger partial charge in [0, 0.05) is 24.1 Å². The summed E-state index contributed by atoms with van der Waals surface area (Å²) in [5.74, 6) is -0.577. The first-order chi connectivity index (χ1) is 13.6. The third-order valence-electron chi connectivity index (χ3n) is 4.49. The van der Waals surface area contributed by atoms with Gasteiger partial charge in [0.2, 0.25) is 0 Å². The van der Waals surface area contributed by atoms with E-state index in [0.29, 0.717) is 27.4 Å². The highest BCUT2D eigenvalue weighted by Gasteiger charge is 2.25. The van der Waals surface area contributed by atoms with Crippen molar-refractivity contribution in [3.05, 3.63) is 62.1 Å². The zero-order valence-corrected chi connectivity index (χ0v) is 18.1. The van der Waals surface area contributed by atoms with Crippen LogP contribution < -0.4 is 5.32 Å². The van der Waals surface area contributed by atoms with Crippen LogP contribution in [0.1, 0.15) is 41.3 Å². The number of aliphatic hydroxyl groups excluding tert-OH is 1. The standard InChI is InChI=1S/C21H19Cl3N2O3/c1-11-17(6-4-14(10-25)20(11)24)26-21(12(2)27)19(29)8-7-18(28)13-3-5-15(22)16(23)9-13/h3-6,9,12,21,26-27H,7-8H2,1-2H3/t12-,21-/m1/s1. The van der Waals surface area contributed by atoms with Gasteiger partial charge >= 0.3 is 0 Å². The first-order valence-electron chi connectivity index (χ1n) is 8.80. The number of rotatable bonds is 8. The van der Waals surface area contributed by atoms with E-state index in [-0.39, 0.29) is 34.5 Å². The van der Waals surface area contributed by atoms with Crippen LogP contribution in [0.5, 0.6) is 0 Å². The maximum Gasteiger partial charge on any atom is 0.163 e. The van der Waals surface area contributed by atoms with Crippen LogP contribution in [0.25, 0.3) is 0 Å². The monoisotopic (exact) mass is 452 g/mol. The number of carbonyl (C=O) groups is 2. The quantitative estimate of drug-likeness (QED) is 0.535. The van der Waals surface area contributed by atoms with Gasteiger partial charge in [0.1, 0.15) is 12.1 Å². The normalized spacial score (nSPS) is 12.7. The summed E-state index contributed by atoms with van der Waals surface area (Å²) in [6.45, 7) is 3.19. The highest BCUT2D eigenvalue weighted by molar-refractivity contribution is 6.42. The Morgan fingerprint density at radius 1 is 1.14 bits per heavy atom. The molecule has 2 N–H and O–H groups in total. The fourth-order valence-corrected chi connectivity index (χ4v) is 3.28. The minimum Gasteiger partial charge on any atom is -0.391 e. The van der Waals surface area contributed by atoms with Crippen molar-refractivity contribution in [1.29, 1.82) is 5.26 Å². The third kappa shape index (κ3) is 5.71. The number of halogens is 3. The fraction of sp³-hybridized carbons (Fsp3) is 0.286. The molecule has 0 spiro atoms. The molecule has 29 heavy (non-hydrogen) atoms. The topological polar surface area (TPSA) is 90.2 Å². The van der Waals surface area contributed by atoms with Gasteiger partial charge in [0.25, 0.3) is 0 Å². The van der Waals surface area contributed by atoms with Crippen molar-refractivity contribution in [2.75, 3.05) is 5.32 Å². The van der Waals surface area contributed by atoms with E-state index < -0.39 is 12.1 Å². The van der Waals surface area contributed by atoms with Gasteiger partial charge in [0.05, 0.1) is 26.7 Å². The molecule has 0 unspecified atom stereocenters. The van der Waals surface area contributed by atoms with Gasteiger partial charge in [-0.3, -0.25) is 9.59 Å². The van der Waals surface area contributed by atoms with Gasteiger partial charge in [0.15, 0.2) is 11.6 Å². The zero-order chi connectivity index (χ0) is 21.7. The van der Waals surface area contributed by atoms with Crippen molar-refractivity contribution < 1.29 is 14.7 Å². The van der Waals surface area contributed by atoms with Gasteiger partial charge in [-0.2, -0.15) is 5.26 Å². The molecule has 8 heteroatoms. The lowest BCUT2D eigenvalue weighted by molar-refractivity contribution is -0.121. The Morgan fingerprint density at radius 3 is 2.41 bits per heavy atom. The molecule has 2 rings (SSSR count). The van der Waals surface area contributed by atoms with Crippen LogP contribution in [-0.2, 0) is 4.79 Å². The molecule has 0 aliphatic heterocycles. The Labute approximate surface area is 184 Å². The lowest BCUT2D eigenvalue weighted by Gasteiger charge is -2.23. The number of hydrogen-bond acceptors (Lipinski definition) is 5. The molecule has 2 aromatic carbocycles. The second-order valence-corrected chi connectivity index (χ2v) is 7.78. The predicted molar refractivity (Wildman–Crippen MR) is 115 cm³/mol. The molecule has 152 valence electrons. The Balaban J connectivity index is 2.10.